The summed E-state index contributed by atoms with van der Waals surface area (Å²) in [4.78, 5) is 29.1. The Labute approximate surface area is 132 Å². The van der Waals surface area contributed by atoms with E-state index in [2.05, 4.69) is 4.98 Å². The fourth-order valence-corrected chi connectivity index (χ4v) is 2.86. The van der Waals surface area contributed by atoms with Crippen molar-refractivity contribution < 1.29 is 14.7 Å². The highest BCUT2D eigenvalue weighted by Gasteiger charge is 2.36. The molecule has 5 nitrogen and oxygen atoms in total. The minimum Gasteiger partial charge on any atom is -0.480 e. The SMILES string of the molecule is CCC1CCN(C(=O)c2cnc(Cl)c(Cl)c2)C(C(=O)O)C1. The molecule has 0 radical (unpaired) electrons. The minimum absolute atomic E-state index is 0.118. The van der Waals surface area contributed by atoms with E-state index >= 15 is 0 Å². The zero-order chi connectivity index (χ0) is 15.6. The first-order chi connectivity index (χ1) is 9.93. The van der Waals surface area contributed by atoms with E-state index < -0.39 is 12.0 Å². The number of carboxylic acids is 1. The van der Waals surface area contributed by atoms with Gasteiger partial charge in [-0.2, -0.15) is 0 Å². The molecule has 2 unspecified atom stereocenters. The standard InChI is InChI=1S/C14H16Cl2N2O3/c1-2-8-3-4-18(11(5-8)14(20)21)13(19)9-6-10(15)12(16)17-7-9/h6-8,11H,2-5H2,1H3,(H,20,21). The van der Waals surface area contributed by atoms with E-state index in [0.29, 0.717) is 18.9 Å². The second-order valence-corrected chi connectivity index (χ2v) is 5.91. The molecule has 1 amide bonds. The number of nitrogens with zero attached hydrogens (tertiary/aromatic N) is 2. The van der Waals surface area contributed by atoms with Gasteiger partial charge in [0, 0.05) is 12.7 Å². The van der Waals surface area contributed by atoms with Gasteiger partial charge in [0.05, 0.1) is 10.6 Å². The molecule has 0 bridgehead atoms. The number of amides is 1. The van der Waals surface area contributed by atoms with Crippen LogP contribution in [0.15, 0.2) is 12.3 Å². The third-order valence-electron chi connectivity index (χ3n) is 3.88. The molecule has 1 fully saturated rings. The molecule has 114 valence electrons. The Kier molecular flexibility index (Phi) is 5.06. The molecule has 2 rings (SSSR count). The number of likely N-dealkylation sites (tertiary alicyclic amines) is 1. The van der Waals surface area contributed by atoms with Gasteiger partial charge in [0.15, 0.2) is 0 Å². The summed E-state index contributed by atoms with van der Waals surface area (Å²) in [6.45, 7) is 2.46. The van der Waals surface area contributed by atoms with E-state index in [9.17, 15) is 14.7 Å². The van der Waals surface area contributed by atoms with Crippen molar-refractivity contribution in [1.82, 2.24) is 9.88 Å². The Balaban J connectivity index is 2.24. The molecule has 7 heteroatoms. The van der Waals surface area contributed by atoms with Gasteiger partial charge in [-0.25, -0.2) is 9.78 Å². The summed E-state index contributed by atoms with van der Waals surface area (Å²) in [5.74, 6) is -1.01. The summed E-state index contributed by atoms with van der Waals surface area (Å²) < 4.78 is 0. The number of piperidine rings is 1. The number of halogens is 2. The molecule has 1 aromatic heterocycles. The summed E-state index contributed by atoms with van der Waals surface area (Å²) >= 11 is 11.6. The van der Waals surface area contributed by atoms with Crippen LogP contribution in [0.3, 0.4) is 0 Å². The Morgan fingerprint density at radius 3 is 2.76 bits per heavy atom. The summed E-state index contributed by atoms with van der Waals surface area (Å²) in [6, 6.07) is 0.620. The van der Waals surface area contributed by atoms with Crippen LogP contribution >= 0.6 is 23.2 Å². The summed E-state index contributed by atoms with van der Waals surface area (Å²) in [5, 5.41) is 9.66. The third-order valence-corrected chi connectivity index (χ3v) is 4.56. The maximum absolute atomic E-state index is 12.5. The van der Waals surface area contributed by atoms with Crippen molar-refractivity contribution in [2.24, 2.45) is 5.92 Å². The lowest BCUT2D eigenvalue weighted by atomic mass is 9.88. The number of aromatic nitrogens is 1. The highest BCUT2D eigenvalue weighted by molar-refractivity contribution is 6.41. The number of carboxylic acid groups (broad SMARTS) is 1. The predicted octanol–water partition coefficient (Wildman–Crippen LogP) is 3.10. The van der Waals surface area contributed by atoms with E-state index in [1.54, 1.807) is 0 Å². The first-order valence-corrected chi connectivity index (χ1v) is 7.54. The zero-order valence-corrected chi connectivity index (χ0v) is 13.1. The fourth-order valence-electron chi connectivity index (χ4n) is 2.59. The number of hydrogen-bond donors (Lipinski definition) is 1. The van der Waals surface area contributed by atoms with Crippen molar-refractivity contribution in [3.05, 3.63) is 28.0 Å². The molecule has 2 heterocycles. The molecule has 1 aliphatic rings. The van der Waals surface area contributed by atoms with Crippen LogP contribution in [0.4, 0.5) is 0 Å². The average molecular weight is 331 g/mol. The van der Waals surface area contributed by atoms with Crippen LogP contribution in [0.2, 0.25) is 10.2 Å². The van der Waals surface area contributed by atoms with Crippen molar-refractivity contribution in [3.63, 3.8) is 0 Å². The van der Waals surface area contributed by atoms with Crippen LogP contribution in [0.25, 0.3) is 0 Å². The minimum atomic E-state index is -0.977. The molecule has 21 heavy (non-hydrogen) atoms. The van der Waals surface area contributed by atoms with Crippen LogP contribution in [-0.2, 0) is 4.79 Å². The Hall–Kier alpha value is -1.33. The Morgan fingerprint density at radius 1 is 1.48 bits per heavy atom. The number of rotatable bonds is 3. The quantitative estimate of drug-likeness (QED) is 0.864. The monoisotopic (exact) mass is 330 g/mol. The van der Waals surface area contributed by atoms with E-state index in [-0.39, 0.29) is 21.6 Å². The van der Waals surface area contributed by atoms with Crippen LogP contribution in [0.1, 0.15) is 36.5 Å². The molecule has 2 atom stereocenters. The smallest absolute Gasteiger partial charge is 0.326 e. The summed E-state index contributed by atoms with van der Waals surface area (Å²) in [6.07, 6.45) is 3.52. The van der Waals surface area contributed by atoms with Gasteiger partial charge in [-0.1, -0.05) is 36.5 Å². The maximum Gasteiger partial charge on any atom is 0.326 e. The van der Waals surface area contributed by atoms with Crippen LogP contribution in [0.5, 0.6) is 0 Å². The second kappa shape index (κ2) is 6.62. The Morgan fingerprint density at radius 2 is 2.19 bits per heavy atom. The molecule has 1 aliphatic heterocycles. The van der Waals surface area contributed by atoms with Gasteiger partial charge in [-0.05, 0) is 24.8 Å². The van der Waals surface area contributed by atoms with E-state index in [1.165, 1.54) is 17.2 Å². The third kappa shape index (κ3) is 3.47. The van der Waals surface area contributed by atoms with Gasteiger partial charge in [0.2, 0.25) is 0 Å². The molecule has 1 N–H and O–H groups in total. The molecular weight excluding hydrogens is 315 g/mol. The van der Waals surface area contributed by atoms with Gasteiger partial charge >= 0.3 is 5.97 Å². The van der Waals surface area contributed by atoms with Crippen molar-refractivity contribution in [1.29, 1.82) is 0 Å². The van der Waals surface area contributed by atoms with Crippen molar-refractivity contribution in [2.45, 2.75) is 32.2 Å². The second-order valence-electron chi connectivity index (χ2n) is 5.15. The van der Waals surface area contributed by atoms with Crippen LogP contribution in [-0.4, -0.2) is 39.5 Å². The molecule has 0 aromatic carbocycles. The van der Waals surface area contributed by atoms with Gasteiger partial charge in [-0.15, -0.1) is 0 Å². The normalized spacial score (nSPS) is 22.1. The number of aliphatic carboxylic acids is 1. The average Bonchev–Trinajstić information content (AvgIpc) is 2.48. The number of carbonyl (C=O) groups is 2. The van der Waals surface area contributed by atoms with E-state index in [1.807, 2.05) is 6.92 Å². The fraction of sp³-hybridized carbons (Fsp3) is 0.500. The van der Waals surface area contributed by atoms with Gasteiger partial charge in [0.1, 0.15) is 11.2 Å². The first-order valence-electron chi connectivity index (χ1n) is 6.78. The van der Waals surface area contributed by atoms with Crippen molar-refractivity contribution in [2.75, 3.05) is 6.54 Å². The summed E-state index contributed by atoms with van der Waals surface area (Å²) in [5.41, 5.74) is 0.255. The Bertz CT molecular complexity index is 565. The molecule has 0 saturated carbocycles. The molecule has 0 aliphatic carbocycles. The lowest BCUT2D eigenvalue weighted by Gasteiger charge is -2.37. The van der Waals surface area contributed by atoms with Gasteiger partial charge < -0.3 is 10.0 Å². The highest BCUT2D eigenvalue weighted by atomic mass is 35.5. The highest BCUT2D eigenvalue weighted by Crippen LogP contribution is 2.28. The van der Waals surface area contributed by atoms with Gasteiger partial charge in [-0.3, -0.25) is 4.79 Å². The van der Waals surface area contributed by atoms with Crippen molar-refractivity contribution in [3.8, 4) is 0 Å². The number of pyridine rings is 1. The number of hydrogen-bond acceptors (Lipinski definition) is 3. The largest absolute Gasteiger partial charge is 0.480 e. The topological polar surface area (TPSA) is 70.5 Å². The maximum atomic E-state index is 12.5. The molecular formula is C14H16Cl2N2O3. The van der Waals surface area contributed by atoms with Gasteiger partial charge in [0.25, 0.3) is 5.91 Å². The van der Waals surface area contributed by atoms with E-state index in [4.69, 9.17) is 23.2 Å². The number of carbonyl (C=O) groups excluding carboxylic acids is 1. The van der Waals surface area contributed by atoms with E-state index in [0.717, 1.165) is 12.8 Å². The zero-order valence-electron chi connectivity index (χ0n) is 11.6. The lowest BCUT2D eigenvalue weighted by Crippen LogP contribution is -2.50. The predicted molar refractivity (Wildman–Crippen MR) is 79.7 cm³/mol. The molecule has 1 saturated heterocycles. The van der Waals surface area contributed by atoms with Crippen LogP contribution < -0.4 is 0 Å². The molecule has 1 aromatic rings. The van der Waals surface area contributed by atoms with Crippen molar-refractivity contribution >= 4 is 35.1 Å². The lowest BCUT2D eigenvalue weighted by molar-refractivity contribution is -0.144. The first kappa shape index (κ1) is 16.0. The molecule has 0 spiro atoms. The summed E-state index contributed by atoms with van der Waals surface area (Å²) in [7, 11) is 0. The van der Waals surface area contributed by atoms with Crippen LogP contribution in [0, 0.1) is 5.92 Å².